The lowest BCUT2D eigenvalue weighted by atomic mass is 10.1. The molecular weight excluding hydrogens is 342 g/mol. The Hall–Kier alpha value is -3.15. The molecule has 1 aliphatic carbocycles. The quantitative estimate of drug-likeness (QED) is 0.687. The maximum atomic E-state index is 12.3. The van der Waals surface area contributed by atoms with E-state index in [9.17, 15) is 14.4 Å². The molecule has 1 fully saturated rings. The number of para-hydroxylation sites is 1. The molecule has 0 bridgehead atoms. The molecule has 0 heterocycles. The van der Waals surface area contributed by atoms with Gasteiger partial charge in [-0.3, -0.25) is 14.4 Å². The molecule has 27 heavy (non-hydrogen) atoms. The number of hydrogen-bond acceptors (Lipinski definition) is 3. The van der Waals surface area contributed by atoms with Crippen molar-refractivity contribution < 1.29 is 14.4 Å². The summed E-state index contributed by atoms with van der Waals surface area (Å²) in [5, 5.41) is 8.00. The van der Waals surface area contributed by atoms with Crippen LogP contribution in [0.4, 0.5) is 5.69 Å². The Morgan fingerprint density at radius 3 is 2.26 bits per heavy atom. The summed E-state index contributed by atoms with van der Waals surface area (Å²) in [6.45, 7) is 2.34. The van der Waals surface area contributed by atoms with Crippen LogP contribution < -0.4 is 16.0 Å². The molecule has 6 nitrogen and oxygen atoms in total. The fourth-order valence-electron chi connectivity index (χ4n) is 2.62. The zero-order chi connectivity index (χ0) is 19.2. The van der Waals surface area contributed by atoms with Crippen molar-refractivity contribution in [1.82, 2.24) is 10.6 Å². The van der Waals surface area contributed by atoms with Crippen molar-refractivity contribution in [3.05, 3.63) is 65.2 Å². The Morgan fingerprint density at radius 2 is 1.59 bits per heavy atom. The third-order valence-corrected chi connectivity index (χ3v) is 4.42. The maximum absolute atomic E-state index is 12.3. The first-order valence-electron chi connectivity index (χ1n) is 9.13. The highest BCUT2D eigenvalue weighted by molar-refractivity contribution is 6.40. The molecule has 0 spiro atoms. The standard InChI is InChI=1S/C21H23N3O3/c1-2-14-7-9-15(10-8-14)13-22-20(26)21(27)24-18-6-4-3-5-17(18)19(25)23-16-11-12-16/h3-10,16H,2,11-13H2,1H3,(H,22,26)(H,23,25)(H,24,27). The number of amides is 3. The van der Waals surface area contributed by atoms with Crippen LogP contribution >= 0.6 is 0 Å². The van der Waals surface area contributed by atoms with Crippen LogP contribution in [0.5, 0.6) is 0 Å². The minimum Gasteiger partial charge on any atom is -0.349 e. The largest absolute Gasteiger partial charge is 0.349 e. The molecule has 3 rings (SSSR count). The molecule has 0 aromatic heterocycles. The monoisotopic (exact) mass is 365 g/mol. The van der Waals surface area contributed by atoms with Crippen molar-refractivity contribution in [2.45, 2.75) is 38.8 Å². The summed E-state index contributed by atoms with van der Waals surface area (Å²) in [5.74, 6) is -1.79. The Bertz CT molecular complexity index is 842. The third kappa shape index (κ3) is 5.17. The molecule has 2 aromatic rings. The fraction of sp³-hybridized carbons (Fsp3) is 0.286. The van der Waals surface area contributed by atoms with Crippen LogP contribution in [0.2, 0.25) is 0 Å². The van der Waals surface area contributed by atoms with Crippen molar-refractivity contribution in [3.63, 3.8) is 0 Å². The lowest BCUT2D eigenvalue weighted by Crippen LogP contribution is -2.35. The van der Waals surface area contributed by atoms with E-state index in [0.717, 1.165) is 24.8 Å². The SMILES string of the molecule is CCc1ccc(CNC(=O)C(=O)Nc2ccccc2C(=O)NC2CC2)cc1. The highest BCUT2D eigenvalue weighted by Crippen LogP contribution is 2.21. The van der Waals surface area contributed by atoms with Gasteiger partial charge in [-0.25, -0.2) is 0 Å². The summed E-state index contributed by atoms with van der Waals surface area (Å²) in [5.41, 5.74) is 2.80. The van der Waals surface area contributed by atoms with E-state index in [0.29, 0.717) is 11.3 Å². The third-order valence-electron chi connectivity index (χ3n) is 4.42. The molecule has 0 atom stereocenters. The van der Waals surface area contributed by atoms with Crippen LogP contribution in [-0.2, 0) is 22.6 Å². The molecule has 0 radical (unpaired) electrons. The lowest BCUT2D eigenvalue weighted by molar-refractivity contribution is -0.136. The van der Waals surface area contributed by atoms with E-state index in [1.54, 1.807) is 24.3 Å². The number of nitrogens with one attached hydrogen (secondary N) is 3. The number of aryl methyl sites for hydroxylation is 1. The van der Waals surface area contributed by atoms with Crippen molar-refractivity contribution >= 4 is 23.4 Å². The van der Waals surface area contributed by atoms with Crippen LogP contribution in [0.3, 0.4) is 0 Å². The zero-order valence-corrected chi connectivity index (χ0v) is 15.2. The highest BCUT2D eigenvalue weighted by atomic mass is 16.2. The van der Waals surface area contributed by atoms with Gasteiger partial charge in [-0.05, 0) is 42.5 Å². The molecule has 3 amide bonds. The normalized spacial score (nSPS) is 12.9. The molecule has 0 saturated heterocycles. The minimum atomic E-state index is -0.799. The van der Waals surface area contributed by atoms with Gasteiger partial charge in [0, 0.05) is 12.6 Å². The summed E-state index contributed by atoms with van der Waals surface area (Å²) in [6, 6.07) is 14.7. The van der Waals surface area contributed by atoms with Gasteiger partial charge in [0.05, 0.1) is 11.3 Å². The Morgan fingerprint density at radius 1 is 0.926 bits per heavy atom. The number of benzene rings is 2. The van der Waals surface area contributed by atoms with Gasteiger partial charge in [-0.15, -0.1) is 0 Å². The second-order valence-electron chi connectivity index (χ2n) is 6.60. The van der Waals surface area contributed by atoms with Gasteiger partial charge in [-0.1, -0.05) is 43.3 Å². The van der Waals surface area contributed by atoms with Crippen LogP contribution in [0.1, 0.15) is 41.3 Å². The van der Waals surface area contributed by atoms with E-state index < -0.39 is 11.8 Å². The Balaban J connectivity index is 1.57. The average Bonchev–Trinajstić information content (AvgIpc) is 3.50. The molecule has 2 aromatic carbocycles. The van der Waals surface area contributed by atoms with Crippen molar-refractivity contribution in [2.75, 3.05) is 5.32 Å². The van der Waals surface area contributed by atoms with Crippen molar-refractivity contribution in [2.24, 2.45) is 0 Å². The number of hydrogen-bond donors (Lipinski definition) is 3. The van der Waals surface area contributed by atoms with Crippen molar-refractivity contribution in [3.8, 4) is 0 Å². The number of rotatable bonds is 6. The molecule has 3 N–H and O–H groups in total. The zero-order valence-electron chi connectivity index (χ0n) is 15.2. The second kappa shape index (κ2) is 8.49. The second-order valence-corrected chi connectivity index (χ2v) is 6.60. The van der Waals surface area contributed by atoms with Crippen LogP contribution in [-0.4, -0.2) is 23.8 Å². The molecular formula is C21H23N3O3. The number of carbonyl (C=O) groups excluding carboxylic acids is 3. The summed E-state index contributed by atoms with van der Waals surface area (Å²) >= 11 is 0. The molecule has 1 aliphatic rings. The summed E-state index contributed by atoms with van der Waals surface area (Å²) in [7, 11) is 0. The highest BCUT2D eigenvalue weighted by Gasteiger charge is 2.25. The summed E-state index contributed by atoms with van der Waals surface area (Å²) in [4.78, 5) is 36.5. The fourth-order valence-corrected chi connectivity index (χ4v) is 2.62. The molecule has 0 aliphatic heterocycles. The molecule has 6 heteroatoms. The van der Waals surface area contributed by atoms with Gasteiger partial charge in [0.1, 0.15) is 0 Å². The lowest BCUT2D eigenvalue weighted by Gasteiger charge is -2.11. The molecule has 140 valence electrons. The van der Waals surface area contributed by atoms with Gasteiger partial charge in [0.25, 0.3) is 5.91 Å². The van der Waals surface area contributed by atoms with Gasteiger partial charge in [-0.2, -0.15) is 0 Å². The average molecular weight is 365 g/mol. The van der Waals surface area contributed by atoms with Gasteiger partial charge in [0.15, 0.2) is 0 Å². The van der Waals surface area contributed by atoms with Crippen molar-refractivity contribution in [1.29, 1.82) is 0 Å². The first-order chi connectivity index (χ1) is 13.1. The van der Waals surface area contributed by atoms with Crippen LogP contribution in [0.25, 0.3) is 0 Å². The topological polar surface area (TPSA) is 87.3 Å². The first kappa shape index (κ1) is 18.6. The van der Waals surface area contributed by atoms with E-state index in [-0.39, 0.29) is 18.5 Å². The Kier molecular flexibility index (Phi) is 5.86. The van der Waals surface area contributed by atoms with E-state index in [1.165, 1.54) is 5.56 Å². The van der Waals surface area contributed by atoms with Crippen LogP contribution in [0, 0.1) is 0 Å². The van der Waals surface area contributed by atoms with E-state index >= 15 is 0 Å². The van der Waals surface area contributed by atoms with E-state index in [4.69, 9.17) is 0 Å². The van der Waals surface area contributed by atoms with E-state index in [1.807, 2.05) is 24.3 Å². The molecule has 0 unspecified atom stereocenters. The van der Waals surface area contributed by atoms with Gasteiger partial charge in [0.2, 0.25) is 0 Å². The summed E-state index contributed by atoms with van der Waals surface area (Å²) in [6.07, 6.45) is 2.90. The smallest absolute Gasteiger partial charge is 0.313 e. The predicted octanol–water partition coefficient (Wildman–Crippen LogP) is 2.40. The van der Waals surface area contributed by atoms with E-state index in [2.05, 4.69) is 22.9 Å². The Labute approximate surface area is 158 Å². The van der Waals surface area contributed by atoms with Gasteiger partial charge < -0.3 is 16.0 Å². The van der Waals surface area contributed by atoms with Gasteiger partial charge >= 0.3 is 11.8 Å². The predicted molar refractivity (Wildman–Crippen MR) is 103 cm³/mol. The minimum absolute atomic E-state index is 0.212. The van der Waals surface area contributed by atoms with Crippen LogP contribution in [0.15, 0.2) is 48.5 Å². The number of anilines is 1. The number of carbonyl (C=O) groups is 3. The first-order valence-corrected chi connectivity index (χ1v) is 9.13. The summed E-state index contributed by atoms with van der Waals surface area (Å²) < 4.78 is 0. The maximum Gasteiger partial charge on any atom is 0.313 e. The molecule has 1 saturated carbocycles.